The Balaban J connectivity index is 2.51. The molecular formula is C5H9N3. The minimum atomic E-state index is 0.700. The molecule has 1 aliphatic rings. The van der Waals surface area contributed by atoms with Gasteiger partial charge in [0.1, 0.15) is 0 Å². The number of hydrogen-bond donors (Lipinski definition) is 3. The first-order valence-corrected chi connectivity index (χ1v) is 2.50. The van der Waals surface area contributed by atoms with Gasteiger partial charge in [0, 0.05) is 18.9 Å². The summed E-state index contributed by atoms with van der Waals surface area (Å²) in [4.78, 5) is 0. The zero-order valence-corrected chi connectivity index (χ0v) is 4.52. The molecule has 0 saturated carbocycles. The fourth-order valence-corrected chi connectivity index (χ4v) is 0.493. The molecule has 0 bridgehead atoms. The maximum absolute atomic E-state index is 5.39. The van der Waals surface area contributed by atoms with Crippen molar-refractivity contribution in [1.82, 2.24) is 10.6 Å². The molecule has 0 aromatic rings. The van der Waals surface area contributed by atoms with E-state index in [2.05, 4.69) is 10.6 Å². The molecule has 1 heterocycles. The molecule has 1 rings (SSSR count). The van der Waals surface area contributed by atoms with Gasteiger partial charge in [0.15, 0.2) is 0 Å². The predicted molar refractivity (Wildman–Crippen MR) is 32.5 cm³/mol. The number of nitrogens with two attached hydrogens (primary N) is 1. The Bertz CT molecular complexity index is 126. The monoisotopic (exact) mass is 111 g/mol. The van der Waals surface area contributed by atoms with E-state index < -0.39 is 0 Å². The van der Waals surface area contributed by atoms with Crippen molar-refractivity contribution < 1.29 is 0 Å². The normalized spacial score (nSPS) is 17.8. The second-order valence-corrected chi connectivity index (χ2v) is 1.55. The van der Waals surface area contributed by atoms with Gasteiger partial charge in [-0.3, -0.25) is 0 Å². The Morgan fingerprint density at radius 3 is 3.25 bits per heavy atom. The van der Waals surface area contributed by atoms with E-state index in [9.17, 15) is 0 Å². The standard InChI is InChI=1S/C5H9N3/c6-5-1-2-7-3-4-8-5/h1,3-4,7-8H,2,6H2. The smallest absolute Gasteiger partial charge is 0.0977 e. The summed E-state index contributed by atoms with van der Waals surface area (Å²) in [5, 5.41) is 5.82. The highest BCUT2D eigenvalue weighted by Gasteiger charge is 1.85. The minimum Gasteiger partial charge on any atom is -0.386 e. The van der Waals surface area contributed by atoms with E-state index in [1.54, 1.807) is 6.20 Å². The lowest BCUT2D eigenvalue weighted by Crippen LogP contribution is -2.12. The molecule has 0 atom stereocenters. The largest absolute Gasteiger partial charge is 0.386 e. The van der Waals surface area contributed by atoms with Gasteiger partial charge in [0.25, 0.3) is 0 Å². The van der Waals surface area contributed by atoms with Crippen LogP contribution in [0.4, 0.5) is 0 Å². The molecule has 0 fully saturated rings. The summed E-state index contributed by atoms with van der Waals surface area (Å²) in [7, 11) is 0. The minimum absolute atomic E-state index is 0.700. The first-order valence-electron chi connectivity index (χ1n) is 2.50. The topological polar surface area (TPSA) is 50.1 Å². The summed E-state index contributed by atoms with van der Waals surface area (Å²) in [5.74, 6) is 0.700. The average Bonchev–Trinajstić information content (AvgIpc) is 1.94. The SMILES string of the molecule is NC1=CCNC=CN1. The molecule has 0 aliphatic carbocycles. The van der Waals surface area contributed by atoms with Crippen LogP contribution in [0.5, 0.6) is 0 Å². The molecule has 0 amide bonds. The maximum atomic E-state index is 5.39. The zero-order valence-electron chi connectivity index (χ0n) is 4.52. The van der Waals surface area contributed by atoms with E-state index in [0.29, 0.717) is 5.82 Å². The average molecular weight is 111 g/mol. The molecule has 0 saturated heterocycles. The van der Waals surface area contributed by atoms with Gasteiger partial charge in [-0.05, 0) is 6.08 Å². The van der Waals surface area contributed by atoms with Crippen molar-refractivity contribution in [3.05, 3.63) is 24.3 Å². The second-order valence-electron chi connectivity index (χ2n) is 1.55. The maximum Gasteiger partial charge on any atom is 0.0977 e. The van der Waals surface area contributed by atoms with Gasteiger partial charge in [-0.1, -0.05) is 0 Å². The highest BCUT2D eigenvalue weighted by molar-refractivity contribution is 5.03. The molecule has 3 nitrogen and oxygen atoms in total. The van der Waals surface area contributed by atoms with E-state index in [1.165, 1.54) is 0 Å². The fourth-order valence-electron chi connectivity index (χ4n) is 0.493. The van der Waals surface area contributed by atoms with Crippen molar-refractivity contribution in [2.45, 2.75) is 0 Å². The second kappa shape index (κ2) is 2.26. The third kappa shape index (κ3) is 1.18. The molecular weight excluding hydrogens is 102 g/mol. The lowest BCUT2D eigenvalue weighted by atomic mass is 10.5. The molecule has 44 valence electrons. The van der Waals surface area contributed by atoms with Crippen molar-refractivity contribution in [3.8, 4) is 0 Å². The fraction of sp³-hybridized carbons (Fsp3) is 0.200. The van der Waals surface area contributed by atoms with Crippen molar-refractivity contribution in [2.24, 2.45) is 5.73 Å². The summed E-state index contributed by atoms with van der Waals surface area (Å²) in [6, 6.07) is 0. The van der Waals surface area contributed by atoms with Crippen LogP contribution >= 0.6 is 0 Å². The van der Waals surface area contributed by atoms with Crippen LogP contribution in [0.2, 0.25) is 0 Å². The van der Waals surface area contributed by atoms with Crippen molar-refractivity contribution in [3.63, 3.8) is 0 Å². The Morgan fingerprint density at radius 2 is 2.38 bits per heavy atom. The van der Waals surface area contributed by atoms with Gasteiger partial charge in [-0.15, -0.1) is 0 Å². The summed E-state index contributed by atoms with van der Waals surface area (Å²) < 4.78 is 0. The van der Waals surface area contributed by atoms with Crippen LogP contribution in [-0.4, -0.2) is 6.54 Å². The van der Waals surface area contributed by atoms with Crippen molar-refractivity contribution in [1.29, 1.82) is 0 Å². The Labute approximate surface area is 48.3 Å². The number of hydrogen-bond acceptors (Lipinski definition) is 3. The summed E-state index contributed by atoms with van der Waals surface area (Å²) in [5.41, 5.74) is 5.39. The van der Waals surface area contributed by atoms with Crippen LogP contribution < -0.4 is 16.4 Å². The predicted octanol–water partition coefficient (Wildman–Crippen LogP) is -0.550. The van der Waals surface area contributed by atoms with Crippen LogP contribution in [0.25, 0.3) is 0 Å². The summed E-state index contributed by atoms with van der Waals surface area (Å²) >= 11 is 0. The van der Waals surface area contributed by atoms with E-state index >= 15 is 0 Å². The molecule has 3 heteroatoms. The van der Waals surface area contributed by atoms with E-state index in [4.69, 9.17) is 5.73 Å². The van der Waals surface area contributed by atoms with E-state index in [0.717, 1.165) is 6.54 Å². The van der Waals surface area contributed by atoms with Gasteiger partial charge in [0.05, 0.1) is 5.82 Å². The lowest BCUT2D eigenvalue weighted by Gasteiger charge is -1.93. The molecule has 0 aromatic carbocycles. The first-order chi connectivity index (χ1) is 3.89. The van der Waals surface area contributed by atoms with Gasteiger partial charge < -0.3 is 16.4 Å². The highest BCUT2D eigenvalue weighted by atomic mass is 15.0. The Morgan fingerprint density at radius 1 is 1.50 bits per heavy atom. The summed E-state index contributed by atoms with van der Waals surface area (Å²) in [6.45, 7) is 0.801. The van der Waals surface area contributed by atoms with Crippen LogP contribution in [0, 0.1) is 0 Å². The molecule has 4 N–H and O–H groups in total. The van der Waals surface area contributed by atoms with E-state index in [1.807, 2.05) is 12.3 Å². The Hall–Kier alpha value is -1.12. The molecule has 0 spiro atoms. The summed E-state index contributed by atoms with van der Waals surface area (Å²) in [6.07, 6.45) is 5.45. The van der Waals surface area contributed by atoms with Crippen LogP contribution in [0.3, 0.4) is 0 Å². The van der Waals surface area contributed by atoms with Gasteiger partial charge >= 0.3 is 0 Å². The van der Waals surface area contributed by atoms with Crippen molar-refractivity contribution >= 4 is 0 Å². The van der Waals surface area contributed by atoms with Crippen molar-refractivity contribution in [2.75, 3.05) is 6.54 Å². The molecule has 8 heavy (non-hydrogen) atoms. The molecule has 0 radical (unpaired) electrons. The van der Waals surface area contributed by atoms with E-state index in [-0.39, 0.29) is 0 Å². The lowest BCUT2D eigenvalue weighted by molar-refractivity contribution is 0.985. The van der Waals surface area contributed by atoms with Crippen LogP contribution in [-0.2, 0) is 0 Å². The van der Waals surface area contributed by atoms with Gasteiger partial charge in [-0.2, -0.15) is 0 Å². The zero-order chi connectivity index (χ0) is 5.82. The first kappa shape index (κ1) is 5.03. The molecule has 1 aliphatic heterocycles. The van der Waals surface area contributed by atoms with Crippen LogP contribution in [0.15, 0.2) is 24.3 Å². The third-order valence-electron chi connectivity index (χ3n) is 0.891. The molecule has 0 unspecified atom stereocenters. The number of nitrogens with one attached hydrogen (secondary N) is 2. The Kier molecular flexibility index (Phi) is 1.42. The highest BCUT2D eigenvalue weighted by Crippen LogP contribution is 1.79. The van der Waals surface area contributed by atoms with Gasteiger partial charge in [-0.25, -0.2) is 0 Å². The van der Waals surface area contributed by atoms with Gasteiger partial charge in [0.2, 0.25) is 0 Å². The third-order valence-corrected chi connectivity index (χ3v) is 0.891. The number of rotatable bonds is 0. The van der Waals surface area contributed by atoms with Crippen LogP contribution in [0.1, 0.15) is 0 Å². The molecule has 0 aromatic heterocycles. The quantitative estimate of drug-likeness (QED) is 0.393.